The average Bonchev–Trinajstić information content (AvgIpc) is 3.08. The molecule has 0 heterocycles. The Kier molecular flexibility index (Phi) is 3.78. The molecule has 21 heavy (non-hydrogen) atoms. The molecule has 2 aliphatic rings. The van der Waals surface area contributed by atoms with E-state index in [0.29, 0.717) is 6.54 Å². The first-order chi connectivity index (χ1) is 10.2. The van der Waals surface area contributed by atoms with Gasteiger partial charge in [-0.3, -0.25) is 9.59 Å². The van der Waals surface area contributed by atoms with Crippen LogP contribution in [0.3, 0.4) is 0 Å². The highest BCUT2D eigenvalue weighted by Crippen LogP contribution is 2.48. The topological polar surface area (TPSA) is 66.4 Å². The second-order valence-electron chi connectivity index (χ2n) is 5.86. The molecule has 0 aromatic heterocycles. The largest absolute Gasteiger partial charge is 0.481 e. The Morgan fingerprint density at radius 3 is 2.43 bits per heavy atom. The van der Waals surface area contributed by atoms with Gasteiger partial charge >= 0.3 is 5.97 Å². The van der Waals surface area contributed by atoms with Gasteiger partial charge in [-0.15, -0.1) is 0 Å². The lowest BCUT2D eigenvalue weighted by molar-refractivity contribution is -0.147. The Balaban J connectivity index is 1.58. The van der Waals surface area contributed by atoms with Crippen LogP contribution in [0.25, 0.3) is 0 Å². The van der Waals surface area contributed by atoms with Crippen molar-refractivity contribution in [2.75, 3.05) is 6.54 Å². The number of carboxylic acid groups (broad SMARTS) is 1. The second kappa shape index (κ2) is 5.72. The maximum absolute atomic E-state index is 12.3. The Bertz CT molecular complexity index is 567. The van der Waals surface area contributed by atoms with Gasteiger partial charge in [0.2, 0.25) is 5.91 Å². The molecule has 4 atom stereocenters. The van der Waals surface area contributed by atoms with E-state index in [1.165, 1.54) is 5.56 Å². The third-order valence-corrected chi connectivity index (χ3v) is 4.60. The maximum Gasteiger partial charge on any atom is 0.307 e. The van der Waals surface area contributed by atoms with Crippen molar-refractivity contribution in [1.82, 2.24) is 5.32 Å². The Labute approximate surface area is 123 Å². The summed E-state index contributed by atoms with van der Waals surface area (Å²) in [5.41, 5.74) is 1.17. The number of carboxylic acids is 1. The van der Waals surface area contributed by atoms with Crippen molar-refractivity contribution < 1.29 is 14.7 Å². The molecular formula is C17H19NO3. The number of nitrogens with one attached hydrogen (secondary N) is 1. The van der Waals surface area contributed by atoms with Gasteiger partial charge in [0.15, 0.2) is 0 Å². The van der Waals surface area contributed by atoms with Crippen LogP contribution in [0.2, 0.25) is 0 Å². The number of amides is 1. The molecule has 1 saturated carbocycles. The average molecular weight is 285 g/mol. The molecule has 3 rings (SSSR count). The highest BCUT2D eigenvalue weighted by molar-refractivity contribution is 5.86. The number of carbonyl (C=O) groups is 2. The molecule has 2 aliphatic carbocycles. The van der Waals surface area contributed by atoms with Crippen molar-refractivity contribution in [3.8, 4) is 0 Å². The van der Waals surface area contributed by atoms with Crippen LogP contribution in [0.15, 0.2) is 42.5 Å². The molecule has 1 aromatic rings. The fourth-order valence-corrected chi connectivity index (χ4v) is 3.61. The van der Waals surface area contributed by atoms with E-state index in [9.17, 15) is 14.7 Å². The van der Waals surface area contributed by atoms with Crippen LogP contribution >= 0.6 is 0 Å². The molecule has 110 valence electrons. The predicted octanol–water partition coefficient (Wildman–Crippen LogP) is 1.87. The van der Waals surface area contributed by atoms with E-state index in [2.05, 4.69) is 5.32 Å². The van der Waals surface area contributed by atoms with Gasteiger partial charge in [0.1, 0.15) is 0 Å². The highest BCUT2D eigenvalue weighted by atomic mass is 16.4. The zero-order chi connectivity index (χ0) is 14.8. The molecule has 0 radical (unpaired) electrons. The molecule has 4 nitrogen and oxygen atoms in total. The molecule has 1 aromatic carbocycles. The number of carbonyl (C=O) groups excluding carboxylic acids is 1. The quantitative estimate of drug-likeness (QED) is 0.812. The molecular weight excluding hydrogens is 266 g/mol. The van der Waals surface area contributed by atoms with Gasteiger partial charge < -0.3 is 10.4 Å². The van der Waals surface area contributed by atoms with Crippen LogP contribution in [0.1, 0.15) is 12.0 Å². The summed E-state index contributed by atoms with van der Waals surface area (Å²) in [6.45, 7) is 0.548. The van der Waals surface area contributed by atoms with E-state index in [0.717, 1.165) is 12.8 Å². The zero-order valence-corrected chi connectivity index (χ0v) is 11.7. The highest BCUT2D eigenvalue weighted by Gasteiger charge is 2.51. The van der Waals surface area contributed by atoms with Gasteiger partial charge in [-0.1, -0.05) is 42.5 Å². The van der Waals surface area contributed by atoms with Crippen molar-refractivity contribution in [2.45, 2.75) is 12.8 Å². The fraction of sp³-hybridized carbons (Fsp3) is 0.412. The lowest BCUT2D eigenvalue weighted by Crippen LogP contribution is -2.40. The molecule has 2 N–H and O–H groups in total. The summed E-state index contributed by atoms with van der Waals surface area (Å²) in [4.78, 5) is 23.7. The van der Waals surface area contributed by atoms with Crippen molar-refractivity contribution >= 4 is 11.9 Å². The van der Waals surface area contributed by atoms with Gasteiger partial charge in [-0.25, -0.2) is 0 Å². The number of hydrogen-bond donors (Lipinski definition) is 2. The summed E-state index contributed by atoms with van der Waals surface area (Å²) < 4.78 is 0. The standard InChI is InChI=1S/C17H19NO3/c19-16(18-9-8-11-4-2-1-3-5-11)14-12-6-7-13(10-12)15(14)17(20)21/h1-7,12-15H,8-10H2,(H,18,19)(H,20,21)/t12-,13-,14+,15+/m0/s1. The smallest absolute Gasteiger partial charge is 0.307 e. The summed E-state index contributed by atoms with van der Waals surface area (Å²) >= 11 is 0. The minimum absolute atomic E-state index is 0.0253. The lowest BCUT2D eigenvalue weighted by Gasteiger charge is -2.23. The third-order valence-electron chi connectivity index (χ3n) is 4.60. The van der Waals surface area contributed by atoms with Crippen LogP contribution in [-0.2, 0) is 16.0 Å². The minimum atomic E-state index is -0.852. The monoisotopic (exact) mass is 285 g/mol. The summed E-state index contributed by atoms with van der Waals surface area (Å²) in [6.07, 6.45) is 5.53. The summed E-state index contributed by atoms with van der Waals surface area (Å²) in [7, 11) is 0. The number of fused-ring (bicyclic) bond motifs is 2. The predicted molar refractivity (Wildman–Crippen MR) is 78.5 cm³/mol. The van der Waals surface area contributed by atoms with Gasteiger partial charge in [0.05, 0.1) is 11.8 Å². The molecule has 0 spiro atoms. The van der Waals surface area contributed by atoms with E-state index >= 15 is 0 Å². The number of allylic oxidation sites excluding steroid dienone is 2. The van der Waals surface area contributed by atoms with Crippen LogP contribution < -0.4 is 5.32 Å². The fourth-order valence-electron chi connectivity index (χ4n) is 3.61. The summed E-state index contributed by atoms with van der Waals surface area (Å²) in [5.74, 6) is -1.82. The molecule has 1 fully saturated rings. The van der Waals surface area contributed by atoms with Crippen molar-refractivity contribution in [3.05, 3.63) is 48.0 Å². The first-order valence-corrected chi connectivity index (χ1v) is 7.39. The molecule has 1 amide bonds. The van der Waals surface area contributed by atoms with Crippen LogP contribution in [0, 0.1) is 23.7 Å². The first-order valence-electron chi connectivity index (χ1n) is 7.39. The summed E-state index contributed by atoms with van der Waals surface area (Å²) in [6, 6.07) is 9.94. The van der Waals surface area contributed by atoms with E-state index in [1.54, 1.807) is 0 Å². The first kappa shape index (κ1) is 13.9. The molecule has 0 saturated heterocycles. The van der Waals surface area contributed by atoms with Gasteiger partial charge in [0, 0.05) is 6.54 Å². The second-order valence-corrected chi connectivity index (χ2v) is 5.86. The number of rotatable bonds is 5. The Morgan fingerprint density at radius 1 is 1.10 bits per heavy atom. The maximum atomic E-state index is 12.3. The van der Waals surface area contributed by atoms with Crippen molar-refractivity contribution in [2.24, 2.45) is 23.7 Å². The van der Waals surface area contributed by atoms with E-state index in [4.69, 9.17) is 0 Å². The van der Waals surface area contributed by atoms with E-state index in [1.807, 2.05) is 42.5 Å². The van der Waals surface area contributed by atoms with Crippen LogP contribution in [0.4, 0.5) is 0 Å². The minimum Gasteiger partial charge on any atom is -0.481 e. The number of hydrogen-bond acceptors (Lipinski definition) is 2. The molecule has 0 unspecified atom stereocenters. The number of aliphatic carboxylic acids is 1. The zero-order valence-electron chi connectivity index (χ0n) is 11.7. The molecule has 2 bridgehead atoms. The number of benzene rings is 1. The molecule has 4 heteroatoms. The van der Waals surface area contributed by atoms with Crippen LogP contribution in [-0.4, -0.2) is 23.5 Å². The van der Waals surface area contributed by atoms with E-state index in [-0.39, 0.29) is 17.7 Å². The normalized spacial score (nSPS) is 29.5. The van der Waals surface area contributed by atoms with Gasteiger partial charge in [0.25, 0.3) is 0 Å². The van der Waals surface area contributed by atoms with Crippen molar-refractivity contribution in [3.63, 3.8) is 0 Å². The lowest BCUT2D eigenvalue weighted by atomic mass is 9.82. The summed E-state index contributed by atoms with van der Waals surface area (Å²) in [5, 5.41) is 12.3. The molecule has 0 aliphatic heterocycles. The van der Waals surface area contributed by atoms with Gasteiger partial charge in [-0.05, 0) is 30.2 Å². The van der Waals surface area contributed by atoms with E-state index < -0.39 is 17.8 Å². The SMILES string of the molecule is O=C(O)[C@H]1[C@H](C(=O)NCCc2ccccc2)[C@H]2C=C[C@H]1C2. The van der Waals surface area contributed by atoms with Crippen molar-refractivity contribution in [1.29, 1.82) is 0 Å². The van der Waals surface area contributed by atoms with Gasteiger partial charge in [-0.2, -0.15) is 0 Å². The Morgan fingerprint density at radius 2 is 1.76 bits per heavy atom. The Hall–Kier alpha value is -2.10. The van der Waals surface area contributed by atoms with Crippen LogP contribution in [0.5, 0.6) is 0 Å². The third kappa shape index (κ3) is 2.71.